The number of carbonyl (C=O) groups excluding carboxylic acids is 1. The van der Waals surface area contributed by atoms with Gasteiger partial charge in [0.15, 0.2) is 0 Å². The number of aliphatic carboxylic acids is 1. The van der Waals surface area contributed by atoms with E-state index in [2.05, 4.69) is 4.74 Å². The summed E-state index contributed by atoms with van der Waals surface area (Å²) in [6.07, 6.45) is 0.781. The lowest BCUT2D eigenvalue weighted by molar-refractivity contribution is -0.140. The molecule has 0 atom stereocenters. The van der Waals surface area contributed by atoms with E-state index in [1.807, 2.05) is 0 Å². The Balaban J connectivity index is 3.77. The molecule has 0 aliphatic carbocycles. The number of carbonyl (C=O) groups is 2. The van der Waals surface area contributed by atoms with Crippen LogP contribution in [0, 0.1) is 0 Å². The van der Waals surface area contributed by atoms with E-state index in [0.717, 1.165) is 6.08 Å². The molecule has 5 nitrogen and oxygen atoms in total. The van der Waals surface area contributed by atoms with Gasteiger partial charge in [-0.25, -0.2) is 4.79 Å². The van der Waals surface area contributed by atoms with Crippen molar-refractivity contribution in [2.24, 2.45) is 5.73 Å². The first-order chi connectivity index (χ1) is 5.02. The van der Waals surface area contributed by atoms with Gasteiger partial charge < -0.3 is 15.6 Å². The molecule has 3 N–H and O–H groups in total. The topological polar surface area (TPSA) is 89.6 Å². The predicted molar refractivity (Wildman–Crippen MR) is 36.5 cm³/mol. The predicted octanol–water partition coefficient (Wildman–Crippen LogP) is -0.523. The van der Waals surface area contributed by atoms with Crippen molar-refractivity contribution >= 4 is 11.9 Å². The number of ether oxygens (including phenoxy) is 1. The molecule has 11 heavy (non-hydrogen) atoms. The van der Waals surface area contributed by atoms with Crippen LogP contribution in [0.25, 0.3) is 0 Å². The van der Waals surface area contributed by atoms with Crippen molar-refractivity contribution in [2.45, 2.75) is 6.92 Å². The third-order valence-electron chi connectivity index (χ3n) is 0.751. The number of carboxylic acids is 1. The largest absolute Gasteiger partial charge is 0.478 e. The normalized spacial score (nSPS) is 10.8. The van der Waals surface area contributed by atoms with Crippen LogP contribution in [0.5, 0.6) is 0 Å². The van der Waals surface area contributed by atoms with Crippen LogP contribution in [0.4, 0.5) is 0 Å². The summed E-state index contributed by atoms with van der Waals surface area (Å²) in [5.74, 6) is -1.65. The molecule has 5 heteroatoms. The number of hydrogen-bond donors (Lipinski definition) is 2. The van der Waals surface area contributed by atoms with Gasteiger partial charge in [0.05, 0.1) is 5.70 Å². The van der Waals surface area contributed by atoms with Crippen molar-refractivity contribution in [1.82, 2.24) is 0 Å². The number of carboxylic acid groups (broad SMARTS) is 1. The van der Waals surface area contributed by atoms with E-state index >= 15 is 0 Å². The minimum absolute atomic E-state index is 0.00713. The fourth-order valence-electron chi connectivity index (χ4n) is 0.385. The lowest BCUT2D eigenvalue weighted by Crippen LogP contribution is -2.11. The third-order valence-corrected chi connectivity index (χ3v) is 0.751. The molecule has 0 aromatic rings. The van der Waals surface area contributed by atoms with Crippen molar-refractivity contribution in [1.29, 1.82) is 0 Å². The van der Waals surface area contributed by atoms with E-state index in [4.69, 9.17) is 10.8 Å². The third kappa shape index (κ3) is 6.36. The smallest absolute Gasteiger partial charge is 0.330 e. The molecule has 0 saturated heterocycles. The van der Waals surface area contributed by atoms with Crippen molar-refractivity contribution in [3.63, 3.8) is 0 Å². The Labute approximate surface area is 63.4 Å². The Hall–Kier alpha value is -1.52. The number of nitrogens with two attached hydrogens (primary N) is 1. The highest BCUT2D eigenvalue weighted by Crippen LogP contribution is 1.86. The van der Waals surface area contributed by atoms with Crippen molar-refractivity contribution in [2.75, 3.05) is 6.61 Å². The Bertz CT molecular complexity index is 197. The molecule has 0 saturated carbocycles. The number of esters is 1. The minimum atomic E-state index is -1.16. The lowest BCUT2D eigenvalue weighted by atomic mass is 10.4. The molecular formula is C6H9NO4. The van der Waals surface area contributed by atoms with Crippen LogP contribution in [-0.4, -0.2) is 23.7 Å². The maximum atomic E-state index is 10.2. The minimum Gasteiger partial charge on any atom is -0.478 e. The summed E-state index contributed by atoms with van der Waals surface area (Å²) in [6.45, 7) is 1.04. The highest BCUT2D eigenvalue weighted by Gasteiger charge is 1.97. The fourth-order valence-corrected chi connectivity index (χ4v) is 0.385. The average Bonchev–Trinajstić information content (AvgIpc) is 1.82. The summed E-state index contributed by atoms with van der Waals surface area (Å²) in [7, 11) is 0. The molecule has 0 bridgehead atoms. The van der Waals surface area contributed by atoms with E-state index in [0.29, 0.717) is 0 Å². The molecule has 0 aliphatic heterocycles. The monoisotopic (exact) mass is 159 g/mol. The van der Waals surface area contributed by atoms with Gasteiger partial charge in [-0.15, -0.1) is 0 Å². The molecule has 0 spiro atoms. The van der Waals surface area contributed by atoms with Gasteiger partial charge in [-0.1, -0.05) is 0 Å². The molecule has 0 amide bonds. The molecule has 62 valence electrons. The number of hydrogen-bond acceptors (Lipinski definition) is 4. The van der Waals surface area contributed by atoms with E-state index in [1.165, 1.54) is 6.92 Å². The average molecular weight is 159 g/mol. The standard InChI is InChI=1S/C6H9NO4/c1-4(8)11-3-5(7)2-6(9)10/h2H,3,7H2,1H3,(H,9,10)/b5-2-. The highest BCUT2D eigenvalue weighted by molar-refractivity contribution is 5.80. The molecule has 0 unspecified atom stereocenters. The second-order valence-corrected chi connectivity index (χ2v) is 1.84. The zero-order chi connectivity index (χ0) is 8.85. The summed E-state index contributed by atoms with van der Waals surface area (Å²) in [6, 6.07) is 0. The van der Waals surface area contributed by atoms with Gasteiger partial charge >= 0.3 is 11.9 Å². The molecule has 0 aliphatic rings. The molecule has 0 aromatic heterocycles. The summed E-state index contributed by atoms with van der Waals surface area (Å²) in [5.41, 5.74) is 5.13. The molecule has 0 fully saturated rings. The van der Waals surface area contributed by atoms with E-state index < -0.39 is 11.9 Å². The highest BCUT2D eigenvalue weighted by atomic mass is 16.5. The summed E-state index contributed by atoms with van der Waals surface area (Å²) in [5, 5.41) is 8.15. The van der Waals surface area contributed by atoms with Crippen molar-refractivity contribution in [3.8, 4) is 0 Å². The van der Waals surface area contributed by atoms with Crippen LogP contribution in [-0.2, 0) is 14.3 Å². The Morgan fingerprint density at radius 2 is 2.18 bits per heavy atom. The molecule has 0 rings (SSSR count). The summed E-state index contributed by atoms with van der Waals surface area (Å²) < 4.78 is 4.41. The Morgan fingerprint density at radius 3 is 2.55 bits per heavy atom. The first kappa shape index (κ1) is 9.48. The van der Waals surface area contributed by atoms with Gasteiger partial charge in [-0.05, 0) is 0 Å². The first-order valence-corrected chi connectivity index (χ1v) is 2.84. The van der Waals surface area contributed by atoms with E-state index in [9.17, 15) is 9.59 Å². The maximum absolute atomic E-state index is 10.2. The second kappa shape index (κ2) is 4.32. The zero-order valence-corrected chi connectivity index (χ0v) is 6.03. The van der Waals surface area contributed by atoms with Crippen LogP contribution >= 0.6 is 0 Å². The molecule has 0 aromatic carbocycles. The SMILES string of the molecule is CC(=O)OC/C(N)=C/C(=O)O. The van der Waals surface area contributed by atoms with Crippen LogP contribution in [0.15, 0.2) is 11.8 Å². The van der Waals surface area contributed by atoms with Crippen molar-refractivity contribution in [3.05, 3.63) is 11.8 Å². The fraction of sp³-hybridized carbons (Fsp3) is 0.333. The quantitative estimate of drug-likeness (QED) is 0.427. The summed E-state index contributed by atoms with van der Waals surface area (Å²) >= 11 is 0. The first-order valence-electron chi connectivity index (χ1n) is 2.84. The zero-order valence-electron chi connectivity index (χ0n) is 6.03. The van der Waals surface area contributed by atoms with Gasteiger partial charge in [-0.2, -0.15) is 0 Å². The van der Waals surface area contributed by atoms with E-state index in [-0.39, 0.29) is 12.3 Å². The van der Waals surface area contributed by atoms with Gasteiger partial charge in [-0.3, -0.25) is 4.79 Å². The van der Waals surface area contributed by atoms with Gasteiger partial charge in [0.1, 0.15) is 6.61 Å². The molecular weight excluding hydrogens is 150 g/mol. The Kier molecular flexibility index (Phi) is 3.72. The number of rotatable bonds is 3. The maximum Gasteiger partial charge on any atom is 0.330 e. The lowest BCUT2D eigenvalue weighted by Gasteiger charge is -1.99. The molecule has 0 radical (unpaired) electrons. The van der Waals surface area contributed by atoms with Crippen LogP contribution in [0.1, 0.15) is 6.92 Å². The van der Waals surface area contributed by atoms with Crippen LogP contribution in [0.3, 0.4) is 0 Å². The van der Waals surface area contributed by atoms with Gasteiger partial charge in [0.25, 0.3) is 0 Å². The second-order valence-electron chi connectivity index (χ2n) is 1.84. The van der Waals surface area contributed by atoms with Crippen LogP contribution in [0.2, 0.25) is 0 Å². The summed E-state index contributed by atoms with van der Waals surface area (Å²) in [4.78, 5) is 20.1. The van der Waals surface area contributed by atoms with Gasteiger partial charge in [0.2, 0.25) is 0 Å². The molecule has 0 heterocycles. The van der Waals surface area contributed by atoms with Crippen molar-refractivity contribution < 1.29 is 19.4 Å². The van der Waals surface area contributed by atoms with Crippen LogP contribution < -0.4 is 5.73 Å². The van der Waals surface area contributed by atoms with Gasteiger partial charge in [0, 0.05) is 13.0 Å². The Morgan fingerprint density at radius 1 is 1.64 bits per heavy atom. The van der Waals surface area contributed by atoms with E-state index in [1.54, 1.807) is 0 Å².